The molecule has 0 bridgehead atoms. The van der Waals surface area contributed by atoms with Crippen LogP contribution in [0.25, 0.3) is 11.3 Å². The molecule has 0 saturated carbocycles. The van der Waals surface area contributed by atoms with Gasteiger partial charge in [0.1, 0.15) is 5.75 Å². The molecule has 0 aliphatic carbocycles. The summed E-state index contributed by atoms with van der Waals surface area (Å²) in [4.78, 5) is 15.1. The van der Waals surface area contributed by atoms with Gasteiger partial charge in [-0.1, -0.05) is 18.2 Å². The van der Waals surface area contributed by atoms with Crippen molar-refractivity contribution in [1.82, 2.24) is 10.3 Å². The number of sulfone groups is 1. The molecule has 0 saturated heterocycles. The molecule has 0 spiro atoms. The fraction of sp³-hybridized carbons (Fsp3) is 0.235. The van der Waals surface area contributed by atoms with Crippen molar-refractivity contribution in [2.75, 3.05) is 19.4 Å². The zero-order valence-corrected chi connectivity index (χ0v) is 14.4. The third-order valence-electron chi connectivity index (χ3n) is 3.15. The summed E-state index contributed by atoms with van der Waals surface area (Å²) in [6.45, 7) is 2.61. The molecular formula is C17H20N2O4S. The van der Waals surface area contributed by atoms with Gasteiger partial charge in [-0.3, -0.25) is 4.79 Å². The van der Waals surface area contributed by atoms with E-state index in [2.05, 4.69) is 10.3 Å². The highest BCUT2D eigenvalue weighted by molar-refractivity contribution is 7.93. The number of benzene rings is 1. The maximum absolute atomic E-state index is 12.1. The molecule has 2 rings (SSSR count). The number of hydrogen-bond acceptors (Lipinski definition) is 4. The van der Waals surface area contributed by atoms with Crippen LogP contribution in [0.3, 0.4) is 0 Å². The van der Waals surface area contributed by atoms with Crippen LogP contribution in [-0.4, -0.2) is 38.7 Å². The number of carbonyl (C=O) groups excluding carboxylic acids is 1. The Labute approximate surface area is 141 Å². The van der Waals surface area contributed by atoms with E-state index < -0.39 is 9.84 Å². The molecule has 1 amide bonds. The van der Waals surface area contributed by atoms with Gasteiger partial charge in [-0.05, 0) is 25.1 Å². The summed E-state index contributed by atoms with van der Waals surface area (Å²) in [6, 6.07) is 9.30. The topological polar surface area (TPSA) is 88.3 Å². The molecule has 2 N–H and O–H groups in total. The van der Waals surface area contributed by atoms with Crippen molar-refractivity contribution in [2.24, 2.45) is 0 Å². The second-order valence-electron chi connectivity index (χ2n) is 5.14. The van der Waals surface area contributed by atoms with Gasteiger partial charge in [0.2, 0.25) is 0 Å². The van der Waals surface area contributed by atoms with Crippen LogP contribution in [0.1, 0.15) is 17.3 Å². The molecule has 1 heterocycles. The minimum Gasteiger partial charge on any atom is -0.493 e. The van der Waals surface area contributed by atoms with Crippen molar-refractivity contribution in [3.63, 3.8) is 0 Å². The van der Waals surface area contributed by atoms with E-state index in [0.29, 0.717) is 12.2 Å². The lowest BCUT2D eigenvalue weighted by Crippen LogP contribution is -2.22. The zero-order chi connectivity index (χ0) is 17.6. The van der Waals surface area contributed by atoms with Crippen LogP contribution in [0.5, 0.6) is 5.75 Å². The lowest BCUT2D eigenvalue weighted by Gasteiger charge is -2.08. The maximum atomic E-state index is 12.1. The summed E-state index contributed by atoms with van der Waals surface area (Å²) in [7, 11) is -3.18. The van der Waals surface area contributed by atoms with Gasteiger partial charge < -0.3 is 15.0 Å². The van der Waals surface area contributed by atoms with E-state index in [1.807, 2.05) is 31.2 Å². The zero-order valence-electron chi connectivity index (χ0n) is 13.6. The molecule has 7 heteroatoms. The minimum atomic E-state index is -3.18. The Morgan fingerprint density at radius 3 is 2.79 bits per heavy atom. The van der Waals surface area contributed by atoms with Gasteiger partial charge in [0, 0.05) is 35.7 Å². The SMILES string of the molecule is CCOc1ccccc1-c1cc(C(=O)NC/C=C/S(C)(=O)=O)c[nH]1. The molecule has 0 aliphatic rings. The number of nitrogens with one attached hydrogen (secondary N) is 2. The fourth-order valence-electron chi connectivity index (χ4n) is 2.13. The summed E-state index contributed by atoms with van der Waals surface area (Å²) in [5.74, 6) is 0.453. The molecule has 0 radical (unpaired) electrons. The van der Waals surface area contributed by atoms with Crippen molar-refractivity contribution >= 4 is 15.7 Å². The first-order chi connectivity index (χ1) is 11.4. The van der Waals surface area contributed by atoms with E-state index in [1.165, 1.54) is 6.08 Å². The largest absolute Gasteiger partial charge is 0.493 e. The number of hydrogen-bond donors (Lipinski definition) is 2. The van der Waals surface area contributed by atoms with Crippen molar-refractivity contribution < 1.29 is 17.9 Å². The van der Waals surface area contributed by atoms with Crippen LogP contribution in [-0.2, 0) is 9.84 Å². The molecule has 1 aromatic heterocycles. The van der Waals surface area contributed by atoms with Crippen LogP contribution in [0.4, 0.5) is 0 Å². The molecule has 6 nitrogen and oxygen atoms in total. The molecular weight excluding hydrogens is 328 g/mol. The molecule has 0 unspecified atom stereocenters. The predicted octanol–water partition coefficient (Wildman–Crippen LogP) is 2.37. The summed E-state index contributed by atoms with van der Waals surface area (Å²) in [6.07, 6.45) is 4.10. The van der Waals surface area contributed by atoms with Gasteiger partial charge in [0.25, 0.3) is 5.91 Å². The third-order valence-corrected chi connectivity index (χ3v) is 3.83. The molecule has 128 valence electrons. The van der Waals surface area contributed by atoms with Gasteiger partial charge in [-0.2, -0.15) is 0 Å². The van der Waals surface area contributed by atoms with Gasteiger partial charge >= 0.3 is 0 Å². The van der Waals surface area contributed by atoms with Crippen LogP contribution in [0, 0.1) is 0 Å². The first-order valence-corrected chi connectivity index (χ1v) is 9.41. The Kier molecular flexibility index (Phi) is 5.81. The number of H-pyrrole nitrogens is 1. The van der Waals surface area contributed by atoms with Gasteiger partial charge in [-0.15, -0.1) is 0 Å². The number of aromatic nitrogens is 1. The average molecular weight is 348 g/mol. The predicted molar refractivity (Wildman–Crippen MR) is 93.7 cm³/mol. The lowest BCUT2D eigenvalue weighted by molar-refractivity contribution is 0.0958. The van der Waals surface area contributed by atoms with Crippen molar-refractivity contribution in [2.45, 2.75) is 6.92 Å². The van der Waals surface area contributed by atoms with E-state index >= 15 is 0 Å². The Balaban J connectivity index is 2.08. The van der Waals surface area contributed by atoms with E-state index in [4.69, 9.17) is 4.74 Å². The first-order valence-electron chi connectivity index (χ1n) is 7.46. The summed E-state index contributed by atoms with van der Waals surface area (Å²) in [5, 5.41) is 3.70. The number of amides is 1. The lowest BCUT2D eigenvalue weighted by atomic mass is 10.1. The van der Waals surface area contributed by atoms with E-state index in [-0.39, 0.29) is 12.5 Å². The number of para-hydroxylation sites is 1. The summed E-state index contributed by atoms with van der Waals surface area (Å²) >= 11 is 0. The van der Waals surface area contributed by atoms with Crippen molar-refractivity contribution in [3.8, 4) is 17.0 Å². The summed E-state index contributed by atoms with van der Waals surface area (Å²) in [5.41, 5.74) is 2.11. The standard InChI is InChI=1S/C17H20N2O4S/c1-3-23-16-8-5-4-7-14(16)15-11-13(12-19-15)17(20)18-9-6-10-24(2,21)22/h4-8,10-12,19H,3,9H2,1-2H3,(H,18,20)/b10-6+. The highest BCUT2D eigenvalue weighted by atomic mass is 32.2. The van der Waals surface area contributed by atoms with Gasteiger partial charge in [0.05, 0.1) is 12.2 Å². The molecule has 0 atom stereocenters. The highest BCUT2D eigenvalue weighted by Gasteiger charge is 2.11. The van der Waals surface area contributed by atoms with Crippen molar-refractivity contribution in [1.29, 1.82) is 0 Å². The fourth-order valence-corrected chi connectivity index (χ4v) is 2.57. The monoisotopic (exact) mass is 348 g/mol. The smallest absolute Gasteiger partial charge is 0.253 e. The van der Waals surface area contributed by atoms with Gasteiger partial charge in [0.15, 0.2) is 9.84 Å². The molecule has 24 heavy (non-hydrogen) atoms. The second kappa shape index (κ2) is 7.83. The average Bonchev–Trinajstić information content (AvgIpc) is 3.01. The van der Waals surface area contributed by atoms with E-state index in [1.54, 1.807) is 12.3 Å². The second-order valence-corrected chi connectivity index (χ2v) is 7.07. The van der Waals surface area contributed by atoms with E-state index in [9.17, 15) is 13.2 Å². The first kappa shape index (κ1) is 17.8. The number of rotatable bonds is 7. The molecule has 0 fully saturated rings. The highest BCUT2D eigenvalue weighted by Crippen LogP contribution is 2.29. The van der Waals surface area contributed by atoms with E-state index in [0.717, 1.165) is 28.7 Å². The maximum Gasteiger partial charge on any atom is 0.253 e. The van der Waals surface area contributed by atoms with Crippen LogP contribution < -0.4 is 10.1 Å². The van der Waals surface area contributed by atoms with Gasteiger partial charge in [-0.25, -0.2) is 8.42 Å². The number of aromatic amines is 1. The number of carbonyl (C=O) groups is 1. The van der Waals surface area contributed by atoms with Crippen LogP contribution in [0.15, 0.2) is 48.0 Å². The number of ether oxygens (including phenoxy) is 1. The summed E-state index contributed by atoms with van der Waals surface area (Å²) < 4.78 is 27.5. The van der Waals surface area contributed by atoms with Crippen molar-refractivity contribution in [3.05, 3.63) is 53.6 Å². The minimum absolute atomic E-state index is 0.141. The Bertz CT molecular complexity index is 838. The Morgan fingerprint density at radius 1 is 1.33 bits per heavy atom. The van der Waals surface area contributed by atoms with Crippen LogP contribution >= 0.6 is 0 Å². The third kappa shape index (κ3) is 4.99. The normalized spacial score (nSPS) is 11.6. The Morgan fingerprint density at radius 2 is 2.08 bits per heavy atom. The Hall–Kier alpha value is -2.54. The quantitative estimate of drug-likeness (QED) is 0.804. The molecule has 0 aliphatic heterocycles. The molecule has 2 aromatic rings. The molecule has 1 aromatic carbocycles. The van der Waals surface area contributed by atoms with Crippen LogP contribution in [0.2, 0.25) is 0 Å².